The molecule has 1 saturated carbocycles. The van der Waals surface area contributed by atoms with Gasteiger partial charge in [0.25, 0.3) is 0 Å². The molecular formula is C32H27FO3S. The van der Waals surface area contributed by atoms with Crippen molar-refractivity contribution < 1.29 is 19.1 Å². The highest BCUT2D eigenvalue weighted by Gasteiger charge is 2.40. The van der Waals surface area contributed by atoms with Crippen molar-refractivity contribution in [3.63, 3.8) is 0 Å². The van der Waals surface area contributed by atoms with Gasteiger partial charge < -0.3 is 5.11 Å². The fraction of sp³-hybridized carbons (Fsp3) is 0.188. The van der Waals surface area contributed by atoms with Crippen LogP contribution in [0.3, 0.4) is 0 Å². The Kier molecular flexibility index (Phi) is 7.52. The average Bonchev–Trinajstić information content (AvgIpc) is 2.93. The highest BCUT2D eigenvalue weighted by molar-refractivity contribution is 8.01. The second-order valence-electron chi connectivity index (χ2n) is 9.38. The number of benzene rings is 4. The second kappa shape index (κ2) is 11.1. The van der Waals surface area contributed by atoms with Gasteiger partial charge in [-0.2, -0.15) is 0 Å². The predicted octanol–water partition coefficient (Wildman–Crippen LogP) is 7.41. The number of halogens is 1. The van der Waals surface area contributed by atoms with E-state index in [4.69, 9.17) is 0 Å². The van der Waals surface area contributed by atoms with E-state index >= 15 is 0 Å². The summed E-state index contributed by atoms with van der Waals surface area (Å²) in [5.41, 5.74) is 4.84. The van der Waals surface area contributed by atoms with E-state index in [0.29, 0.717) is 12.0 Å². The van der Waals surface area contributed by atoms with E-state index in [1.807, 2.05) is 30.3 Å². The number of aromatic hydroxyl groups is 1. The lowest BCUT2D eigenvalue weighted by atomic mass is 9.71. The average molecular weight is 511 g/mol. The summed E-state index contributed by atoms with van der Waals surface area (Å²) in [6.45, 7) is 0. The monoisotopic (exact) mass is 510 g/mol. The Morgan fingerprint density at radius 1 is 0.811 bits per heavy atom. The number of phenols is 1. The summed E-state index contributed by atoms with van der Waals surface area (Å²) < 4.78 is 13.3. The van der Waals surface area contributed by atoms with E-state index in [2.05, 4.69) is 36.4 Å². The molecule has 4 aromatic carbocycles. The van der Waals surface area contributed by atoms with E-state index in [9.17, 15) is 19.1 Å². The van der Waals surface area contributed by atoms with Crippen molar-refractivity contribution in [1.29, 1.82) is 0 Å². The van der Waals surface area contributed by atoms with Crippen LogP contribution in [0.5, 0.6) is 5.75 Å². The van der Waals surface area contributed by atoms with Gasteiger partial charge in [0.15, 0.2) is 5.78 Å². The van der Waals surface area contributed by atoms with Crippen molar-refractivity contribution in [2.24, 2.45) is 0 Å². The number of phenolic OH excluding ortho intramolecular Hbond substituents is 1. The zero-order chi connectivity index (χ0) is 25.8. The topological polar surface area (TPSA) is 54.4 Å². The Morgan fingerprint density at radius 2 is 1.43 bits per heavy atom. The summed E-state index contributed by atoms with van der Waals surface area (Å²) in [4.78, 5) is 26.1. The molecule has 0 aromatic heterocycles. The van der Waals surface area contributed by atoms with Crippen LogP contribution in [0, 0.1) is 5.82 Å². The van der Waals surface area contributed by atoms with Crippen LogP contribution in [-0.2, 0) is 4.79 Å². The summed E-state index contributed by atoms with van der Waals surface area (Å²) in [5, 5.41) is 9.47. The first kappa shape index (κ1) is 25.0. The molecule has 3 atom stereocenters. The molecule has 1 aliphatic carbocycles. The summed E-state index contributed by atoms with van der Waals surface area (Å²) in [6, 6.07) is 31.3. The molecule has 1 fully saturated rings. The van der Waals surface area contributed by atoms with Gasteiger partial charge in [0.2, 0.25) is 0 Å². The minimum absolute atomic E-state index is 0.0884. The minimum Gasteiger partial charge on any atom is -0.508 e. The molecular weight excluding hydrogens is 483 g/mol. The number of ketones is 2. The Morgan fingerprint density at radius 3 is 2.11 bits per heavy atom. The van der Waals surface area contributed by atoms with Crippen LogP contribution < -0.4 is 0 Å². The van der Waals surface area contributed by atoms with Crippen molar-refractivity contribution in [3.05, 3.63) is 126 Å². The molecule has 0 saturated heterocycles. The summed E-state index contributed by atoms with van der Waals surface area (Å²) in [6.07, 6.45) is 1.17. The molecule has 186 valence electrons. The van der Waals surface area contributed by atoms with Crippen LogP contribution in [0.25, 0.3) is 11.1 Å². The fourth-order valence-corrected chi connectivity index (χ4v) is 6.50. The molecule has 1 aliphatic rings. The van der Waals surface area contributed by atoms with Crippen molar-refractivity contribution in [2.45, 2.75) is 29.9 Å². The third-order valence-corrected chi connectivity index (χ3v) is 8.41. The number of hydrogen-bond acceptors (Lipinski definition) is 4. The lowest BCUT2D eigenvalue weighted by Crippen LogP contribution is -2.35. The Bertz CT molecular complexity index is 1370. The van der Waals surface area contributed by atoms with Gasteiger partial charge in [0.05, 0.1) is 11.0 Å². The lowest BCUT2D eigenvalue weighted by molar-refractivity contribution is -0.120. The van der Waals surface area contributed by atoms with E-state index < -0.39 is 5.25 Å². The molecule has 1 unspecified atom stereocenters. The van der Waals surface area contributed by atoms with Crippen molar-refractivity contribution in [3.8, 4) is 16.9 Å². The minimum atomic E-state index is -0.401. The molecule has 0 radical (unpaired) electrons. The summed E-state index contributed by atoms with van der Waals surface area (Å²) in [7, 11) is 0. The standard InChI is InChI=1S/C32H27FO3S/c33-26-14-10-24(11-15-26)30(36)20-37-32-29(35)19-18-28(31(32)25-12-16-27(34)17-13-25)23-8-6-22(7-9-23)21-4-2-1-3-5-21/h1-17,28,31-32,34H,18-20H2/t28?,31-,32-/m0/s1. The number of thioether (sulfide) groups is 1. The smallest absolute Gasteiger partial charge is 0.172 e. The predicted molar refractivity (Wildman–Crippen MR) is 147 cm³/mol. The van der Waals surface area contributed by atoms with Crippen LogP contribution in [0.2, 0.25) is 0 Å². The Hall–Kier alpha value is -3.70. The molecule has 3 nitrogen and oxygen atoms in total. The van der Waals surface area contributed by atoms with Crippen LogP contribution in [0.15, 0.2) is 103 Å². The Balaban J connectivity index is 1.43. The normalized spacial score (nSPS) is 19.5. The molecule has 0 aliphatic heterocycles. The number of rotatable bonds is 7. The molecule has 0 heterocycles. The molecule has 5 rings (SSSR count). The van der Waals surface area contributed by atoms with E-state index in [-0.39, 0.29) is 40.7 Å². The summed E-state index contributed by atoms with van der Waals surface area (Å²) in [5.74, 6) is -0.133. The summed E-state index contributed by atoms with van der Waals surface area (Å²) >= 11 is 1.36. The maximum atomic E-state index is 13.3. The van der Waals surface area contributed by atoms with Gasteiger partial charge in [0.1, 0.15) is 17.3 Å². The first-order chi connectivity index (χ1) is 18.0. The molecule has 4 aromatic rings. The first-order valence-electron chi connectivity index (χ1n) is 12.4. The third-order valence-electron chi connectivity index (χ3n) is 7.06. The molecule has 1 N–H and O–H groups in total. The van der Waals surface area contributed by atoms with Gasteiger partial charge >= 0.3 is 0 Å². The van der Waals surface area contributed by atoms with Crippen molar-refractivity contribution >= 4 is 23.3 Å². The van der Waals surface area contributed by atoms with Gasteiger partial charge in [-0.15, -0.1) is 11.8 Å². The quantitative estimate of drug-likeness (QED) is 0.263. The van der Waals surface area contributed by atoms with Crippen LogP contribution in [-0.4, -0.2) is 27.7 Å². The van der Waals surface area contributed by atoms with Gasteiger partial charge in [-0.25, -0.2) is 4.39 Å². The van der Waals surface area contributed by atoms with Gasteiger partial charge in [-0.3, -0.25) is 9.59 Å². The number of Topliss-reactive ketones (excluding diaryl/α,β-unsaturated/α-hetero) is 2. The zero-order valence-electron chi connectivity index (χ0n) is 20.2. The SMILES string of the molecule is O=C(CS[C@H]1C(=O)CCC(c2ccc(-c3ccccc3)cc2)[C@@H]1c1ccc(O)cc1)c1ccc(F)cc1. The zero-order valence-corrected chi connectivity index (χ0v) is 21.0. The van der Waals surface area contributed by atoms with Crippen LogP contribution >= 0.6 is 11.8 Å². The molecule has 0 amide bonds. The van der Waals surface area contributed by atoms with Crippen LogP contribution in [0.4, 0.5) is 4.39 Å². The second-order valence-corrected chi connectivity index (χ2v) is 10.5. The Labute approximate surface area is 220 Å². The largest absolute Gasteiger partial charge is 0.508 e. The van der Waals surface area contributed by atoms with Crippen molar-refractivity contribution in [1.82, 2.24) is 0 Å². The number of carbonyl (C=O) groups is 2. The van der Waals surface area contributed by atoms with Gasteiger partial charge in [-0.05, 0) is 71.0 Å². The molecule has 0 bridgehead atoms. The lowest BCUT2D eigenvalue weighted by Gasteiger charge is -2.38. The highest BCUT2D eigenvalue weighted by atomic mass is 32.2. The fourth-order valence-electron chi connectivity index (χ4n) is 5.14. The van der Waals surface area contributed by atoms with E-state index in [1.165, 1.54) is 36.0 Å². The van der Waals surface area contributed by atoms with Gasteiger partial charge in [-0.1, -0.05) is 66.7 Å². The number of hydrogen-bond donors (Lipinski definition) is 1. The van der Waals surface area contributed by atoms with E-state index in [1.54, 1.807) is 12.1 Å². The van der Waals surface area contributed by atoms with Crippen LogP contribution in [0.1, 0.15) is 46.2 Å². The maximum absolute atomic E-state index is 13.3. The first-order valence-corrected chi connectivity index (χ1v) is 13.4. The molecule has 0 spiro atoms. The maximum Gasteiger partial charge on any atom is 0.172 e. The van der Waals surface area contributed by atoms with E-state index in [0.717, 1.165) is 28.7 Å². The van der Waals surface area contributed by atoms with Crippen molar-refractivity contribution in [2.75, 3.05) is 5.75 Å². The molecule has 5 heteroatoms. The number of carbonyl (C=O) groups excluding carboxylic acids is 2. The highest BCUT2D eigenvalue weighted by Crippen LogP contribution is 2.47. The third kappa shape index (κ3) is 5.67. The molecule has 37 heavy (non-hydrogen) atoms. The van der Waals surface area contributed by atoms with Gasteiger partial charge in [0, 0.05) is 17.9 Å².